The first-order valence-electron chi connectivity index (χ1n) is 6.88. The van der Waals surface area contributed by atoms with Crippen LogP contribution in [-0.2, 0) is 11.0 Å². The summed E-state index contributed by atoms with van der Waals surface area (Å²) in [6, 6.07) is 3.28. The lowest BCUT2D eigenvalue weighted by Gasteiger charge is -2.16. The summed E-state index contributed by atoms with van der Waals surface area (Å²) < 4.78 is 38.9. The van der Waals surface area contributed by atoms with Crippen LogP contribution in [0.15, 0.2) is 24.3 Å². The van der Waals surface area contributed by atoms with Gasteiger partial charge in [0.05, 0.1) is 5.56 Å². The van der Waals surface area contributed by atoms with Crippen LogP contribution in [-0.4, -0.2) is 31.3 Å². The van der Waals surface area contributed by atoms with Crippen LogP contribution < -0.4 is 0 Å². The predicted octanol–water partition coefficient (Wildman–Crippen LogP) is 3.03. The van der Waals surface area contributed by atoms with Crippen LogP contribution in [0, 0.1) is 5.92 Å². The number of carbonyl (C=O) groups is 1. The molecule has 0 amide bonds. The molecule has 6 nitrogen and oxygen atoms in total. The molecule has 1 aromatic heterocycles. The van der Waals surface area contributed by atoms with Gasteiger partial charge in [-0.2, -0.15) is 13.2 Å². The maximum absolute atomic E-state index is 12.6. The lowest BCUT2D eigenvalue weighted by Crippen LogP contribution is -2.23. The van der Waals surface area contributed by atoms with E-state index in [-0.39, 0.29) is 11.7 Å². The average molecular weight is 328 g/mol. The normalized spacial score (nSPS) is 13.3. The van der Waals surface area contributed by atoms with E-state index < -0.39 is 23.8 Å². The first kappa shape index (κ1) is 16.9. The summed E-state index contributed by atoms with van der Waals surface area (Å²) >= 11 is 0. The Kier molecular flexibility index (Phi) is 4.67. The van der Waals surface area contributed by atoms with E-state index in [4.69, 9.17) is 0 Å². The number of hydrogen-bond acceptors (Lipinski definition) is 4. The number of rotatable bonds is 5. The molecule has 9 heteroatoms. The fourth-order valence-electron chi connectivity index (χ4n) is 2.15. The lowest BCUT2D eigenvalue weighted by atomic mass is 10.0. The summed E-state index contributed by atoms with van der Waals surface area (Å²) in [6.45, 7) is 3.72. The maximum Gasteiger partial charge on any atom is 0.416 e. The van der Waals surface area contributed by atoms with E-state index in [9.17, 15) is 23.1 Å². The number of alkyl halides is 3. The van der Waals surface area contributed by atoms with Crippen molar-refractivity contribution in [2.75, 3.05) is 0 Å². The van der Waals surface area contributed by atoms with Gasteiger partial charge in [-0.15, -0.1) is 5.10 Å². The molecule has 0 saturated heterocycles. The summed E-state index contributed by atoms with van der Waals surface area (Å²) in [4.78, 5) is 11.4. The van der Waals surface area contributed by atoms with E-state index in [1.165, 1.54) is 12.1 Å². The van der Waals surface area contributed by atoms with Gasteiger partial charge in [-0.25, -0.2) is 9.48 Å². The van der Waals surface area contributed by atoms with E-state index >= 15 is 0 Å². The molecule has 0 aliphatic heterocycles. The minimum Gasteiger partial charge on any atom is -0.480 e. The molecule has 23 heavy (non-hydrogen) atoms. The van der Waals surface area contributed by atoms with Gasteiger partial charge in [0.1, 0.15) is 0 Å². The minimum atomic E-state index is -4.44. The van der Waals surface area contributed by atoms with E-state index in [1.807, 2.05) is 13.8 Å². The van der Waals surface area contributed by atoms with Crippen molar-refractivity contribution in [1.29, 1.82) is 0 Å². The smallest absolute Gasteiger partial charge is 0.416 e. The second-order valence-corrected chi connectivity index (χ2v) is 5.51. The van der Waals surface area contributed by atoms with Crippen LogP contribution in [0.2, 0.25) is 0 Å². The Hall–Kier alpha value is -2.45. The molecule has 2 aromatic rings. The van der Waals surface area contributed by atoms with Crippen LogP contribution in [0.25, 0.3) is 11.4 Å². The molecule has 0 fully saturated rings. The van der Waals surface area contributed by atoms with Crippen molar-refractivity contribution < 1.29 is 23.1 Å². The molecule has 0 aliphatic carbocycles. The van der Waals surface area contributed by atoms with Crippen LogP contribution in [0.3, 0.4) is 0 Å². The summed E-state index contributed by atoms with van der Waals surface area (Å²) in [6.07, 6.45) is -4.14. The van der Waals surface area contributed by atoms with Crippen molar-refractivity contribution in [2.45, 2.75) is 32.5 Å². The van der Waals surface area contributed by atoms with Gasteiger partial charge in [0, 0.05) is 5.56 Å². The largest absolute Gasteiger partial charge is 0.480 e. The Morgan fingerprint density at radius 1 is 1.26 bits per heavy atom. The molecule has 1 aromatic carbocycles. The van der Waals surface area contributed by atoms with Gasteiger partial charge < -0.3 is 5.11 Å². The molecular formula is C14H15F3N4O2. The first-order valence-corrected chi connectivity index (χ1v) is 6.88. The topological polar surface area (TPSA) is 80.9 Å². The van der Waals surface area contributed by atoms with Gasteiger partial charge in [-0.05, 0) is 34.9 Å². The van der Waals surface area contributed by atoms with E-state index in [0.717, 1.165) is 16.8 Å². The number of aliphatic carboxylic acids is 1. The number of hydrogen-bond donors (Lipinski definition) is 1. The second-order valence-electron chi connectivity index (χ2n) is 5.51. The number of carboxylic acids is 1. The van der Waals surface area contributed by atoms with Crippen LogP contribution in [0.5, 0.6) is 0 Å². The molecule has 1 unspecified atom stereocenters. The van der Waals surface area contributed by atoms with Gasteiger partial charge in [0.15, 0.2) is 11.9 Å². The Morgan fingerprint density at radius 3 is 2.35 bits per heavy atom. The third-order valence-corrected chi connectivity index (χ3v) is 3.24. The minimum absolute atomic E-state index is 0.0840. The molecule has 1 atom stereocenters. The number of carboxylic acid groups (broad SMARTS) is 1. The predicted molar refractivity (Wildman–Crippen MR) is 74.4 cm³/mol. The summed E-state index contributed by atoms with van der Waals surface area (Å²) in [7, 11) is 0. The molecule has 1 N–H and O–H groups in total. The molecule has 124 valence electrons. The Balaban J connectivity index is 2.38. The number of benzene rings is 1. The van der Waals surface area contributed by atoms with E-state index in [0.29, 0.717) is 12.0 Å². The molecule has 0 aliphatic rings. The third kappa shape index (κ3) is 3.85. The first-order chi connectivity index (χ1) is 10.7. The molecule has 2 rings (SSSR count). The zero-order valence-corrected chi connectivity index (χ0v) is 12.4. The highest BCUT2D eigenvalue weighted by molar-refractivity contribution is 5.72. The van der Waals surface area contributed by atoms with Crippen molar-refractivity contribution in [3.8, 4) is 11.4 Å². The van der Waals surface area contributed by atoms with Crippen LogP contribution >= 0.6 is 0 Å². The van der Waals surface area contributed by atoms with E-state index in [2.05, 4.69) is 15.5 Å². The average Bonchev–Trinajstić information content (AvgIpc) is 2.92. The Labute approximate surface area is 129 Å². The lowest BCUT2D eigenvalue weighted by molar-refractivity contribution is -0.141. The highest BCUT2D eigenvalue weighted by Crippen LogP contribution is 2.31. The Bertz CT molecular complexity index is 680. The fourth-order valence-corrected chi connectivity index (χ4v) is 2.15. The van der Waals surface area contributed by atoms with Crippen molar-refractivity contribution in [2.24, 2.45) is 5.92 Å². The van der Waals surface area contributed by atoms with Gasteiger partial charge in [-0.1, -0.05) is 26.0 Å². The van der Waals surface area contributed by atoms with Crippen LogP contribution in [0.4, 0.5) is 13.2 Å². The second kappa shape index (κ2) is 6.35. The Morgan fingerprint density at radius 2 is 1.87 bits per heavy atom. The highest BCUT2D eigenvalue weighted by atomic mass is 19.4. The fraction of sp³-hybridized carbons (Fsp3) is 0.429. The summed E-state index contributed by atoms with van der Waals surface area (Å²) in [5.74, 6) is -0.897. The highest BCUT2D eigenvalue weighted by Gasteiger charge is 2.31. The summed E-state index contributed by atoms with van der Waals surface area (Å²) in [5.41, 5.74) is -0.477. The van der Waals surface area contributed by atoms with Crippen molar-refractivity contribution in [3.63, 3.8) is 0 Å². The zero-order valence-electron chi connectivity index (χ0n) is 12.4. The quantitative estimate of drug-likeness (QED) is 0.912. The number of halogens is 3. The molecule has 0 spiro atoms. The van der Waals surface area contributed by atoms with Crippen molar-refractivity contribution in [3.05, 3.63) is 29.8 Å². The molecule has 0 bridgehead atoms. The van der Waals surface area contributed by atoms with Crippen molar-refractivity contribution in [1.82, 2.24) is 20.2 Å². The number of tetrazole rings is 1. The third-order valence-electron chi connectivity index (χ3n) is 3.24. The monoisotopic (exact) mass is 328 g/mol. The number of aromatic nitrogens is 4. The standard InChI is InChI=1S/C14H15F3N4O2/c1-8(2)7-11(13(22)23)21-12(18-19-20-21)9-3-5-10(6-4-9)14(15,16)17/h3-6,8,11H,7H2,1-2H3,(H,22,23). The van der Waals surface area contributed by atoms with Gasteiger partial charge in [0.2, 0.25) is 0 Å². The molecular weight excluding hydrogens is 313 g/mol. The summed E-state index contributed by atoms with van der Waals surface area (Å²) in [5, 5.41) is 20.2. The SMILES string of the molecule is CC(C)CC(C(=O)O)n1nnnc1-c1ccc(C(F)(F)F)cc1. The van der Waals surface area contributed by atoms with Gasteiger partial charge in [-0.3, -0.25) is 0 Å². The molecule has 0 saturated carbocycles. The molecule has 1 heterocycles. The van der Waals surface area contributed by atoms with Crippen molar-refractivity contribution >= 4 is 5.97 Å². The molecule has 0 radical (unpaired) electrons. The zero-order chi connectivity index (χ0) is 17.2. The maximum atomic E-state index is 12.6. The van der Waals surface area contributed by atoms with Gasteiger partial charge >= 0.3 is 12.1 Å². The van der Waals surface area contributed by atoms with Crippen LogP contribution in [0.1, 0.15) is 31.9 Å². The van der Waals surface area contributed by atoms with E-state index in [1.54, 1.807) is 0 Å². The number of nitrogens with zero attached hydrogens (tertiary/aromatic N) is 4. The van der Waals surface area contributed by atoms with Gasteiger partial charge in [0.25, 0.3) is 0 Å².